The van der Waals surface area contributed by atoms with Crippen molar-refractivity contribution in [2.24, 2.45) is 0 Å². The molecule has 0 unspecified atom stereocenters. The zero-order valence-corrected chi connectivity index (χ0v) is 9.24. The van der Waals surface area contributed by atoms with Gasteiger partial charge in [0, 0.05) is 11.4 Å². The van der Waals surface area contributed by atoms with Crippen LogP contribution in [0.1, 0.15) is 21.5 Å². The molecule has 0 aliphatic heterocycles. The van der Waals surface area contributed by atoms with Crippen molar-refractivity contribution >= 4 is 17.2 Å². The van der Waals surface area contributed by atoms with E-state index in [0.717, 1.165) is 4.88 Å². The van der Waals surface area contributed by atoms with Crippen molar-refractivity contribution in [2.45, 2.75) is 6.10 Å². The predicted octanol–water partition coefficient (Wildman–Crippen LogP) is 1.80. The van der Waals surface area contributed by atoms with E-state index in [2.05, 4.69) is 5.32 Å². The van der Waals surface area contributed by atoms with Crippen molar-refractivity contribution in [2.75, 3.05) is 6.54 Å². The van der Waals surface area contributed by atoms with Gasteiger partial charge in [-0.05, 0) is 23.6 Å². The molecule has 2 heterocycles. The van der Waals surface area contributed by atoms with Crippen LogP contribution >= 0.6 is 11.3 Å². The quantitative estimate of drug-likeness (QED) is 0.852. The van der Waals surface area contributed by atoms with Crippen LogP contribution in [0.15, 0.2) is 40.3 Å². The van der Waals surface area contributed by atoms with Gasteiger partial charge in [0.2, 0.25) is 0 Å². The Morgan fingerprint density at radius 2 is 2.38 bits per heavy atom. The first kappa shape index (κ1) is 10.9. The van der Waals surface area contributed by atoms with Crippen LogP contribution in [0.3, 0.4) is 0 Å². The Kier molecular flexibility index (Phi) is 3.38. The summed E-state index contributed by atoms with van der Waals surface area (Å²) in [4.78, 5) is 12.3. The van der Waals surface area contributed by atoms with Gasteiger partial charge in [-0.2, -0.15) is 0 Å². The van der Waals surface area contributed by atoms with Gasteiger partial charge in [0.1, 0.15) is 6.10 Å². The van der Waals surface area contributed by atoms with Crippen LogP contribution in [-0.4, -0.2) is 17.6 Å². The number of hydrogen-bond acceptors (Lipinski definition) is 4. The van der Waals surface area contributed by atoms with Crippen molar-refractivity contribution in [3.63, 3.8) is 0 Å². The molecular formula is C11H11NO3S. The maximum Gasteiger partial charge on any atom is 0.287 e. The summed E-state index contributed by atoms with van der Waals surface area (Å²) in [5, 5.41) is 14.2. The number of hydrogen-bond donors (Lipinski definition) is 2. The van der Waals surface area contributed by atoms with Crippen molar-refractivity contribution in [3.8, 4) is 0 Å². The lowest BCUT2D eigenvalue weighted by atomic mass is 10.3. The second kappa shape index (κ2) is 4.96. The summed E-state index contributed by atoms with van der Waals surface area (Å²) in [5.74, 6) is -0.0704. The van der Waals surface area contributed by atoms with E-state index in [1.165, 1.54) is 17.6 Å². The molecule has 0 aliphatic rings. The molecule has 5 heteroatoms. The van der Waals surface area contributed by atoms with E-state index in [-0.39, 0.29) is 18.2 Å². The first-order chi connectivity index (χ1) is 7.77. The Labute approximate surface area is 96.5 Å². The van der Waals surface area contributed by atoms with Crippen LogP contribution in [-0.2, 0) is 0 Å². The van der Waals surface area contributed by atoms with Crippen molar-refractivity contribution in [1.82, 2.24) is 5.32 Å². The molecule has 0 fully saturated rings. The summed E-state index contributed by atoms with van der Waals surface area (Å²) < 4.78 is 4.93. The molecule has 0 saturated heterocycles. The SMILES string of the molecule is O=C(NC[C@@H](O)c1cccs1)c1ccco1. The minimum Gasteiger partial charge on any atom is -0.459 e. The van der Waals surface area contributed by atoms with Gasteiger partial charge in [-0.1, -0.05) is 6.07 Å². The molecule has 84 valence electrons. The molecule has 2 aromatic rings. The third kappa shape index (κ3) is 2.50. The normalized spacial score (nSPS) is 12.3. The van der Waals surface area contributed by atoms with Gasteiger partial charge in [-0.3, -0.25) is 4.79 Å². The van der Waals surface area contributed by atoms with E-state index in [9.17, 15) is 9.90 Å². The van der Waals surface area contributed by atoms with E-state index in [4.69, 9.17) is 4.42 Å². The first-order valence-electron chi connectivity index (χ1n) is 4.80. The Hall–Kier alpha value is -1.59. The molecule has 16 heavy (non-hydrogen) atoms. The monoisotopic (exact) mass is 237 g/mol. The number of aliphatic hydroxyl groups excluding tert-OH is 1. The van der Waals surface area contributed by atoms with Crippen molar-refractivity contribution in [1.29, 1.82) is 0 Å². The molecule has 0 spiro atoms. The number of carbonyl (C=O) groups is 1. The van der Waals surface area contributed by atoms with Gasteiger partial charge in [-0.15, -0.1) is 11.3 Å². The molecule has 4 nitrogen and oxygen atoms in total. The topological polar surface area (TPSA) is 62.5 Å². The van der Waals surface area contributed by atoms with Gasteiger partial charge < -0.3 is 14.8 Å². The number of amides is 1. The Morgan fingerprint density at radius 1 is 1.50 bits per heavy atom. The largest absolute Gasteiger partial charge is 0.459 e. The minimum absolute atomic E-state index is 0.181. The fourth-order valence-corrected chi connectivity index (χ4v) is 1.98. The fourth-order valence-electron chi connectivity index (χ4n) is 1.27. The van der Waals surface area contributed by atoms with Gasteiger partial charge in [-0.25, -0.2) is 0 Å². The summed E-state index contributed by atoms with van der Waals surface area (Å²) >= 11 is 1.46. The smallest absolute Gasteiger partial charge is 0.287 e. The van der Waals surface area contributed by atoms with Crippen LogP contribution in [0.2, 0.25) is 0 Å². The number of rotatable bonds is 4. The lowest BCUT2D eigenvalue weighted by Gasteiger charge is -2.08. The lowest BCUT2D eigenvalue weighted by molar-refractivity contribution is 0.0890. The Bertz CT molecular complexity index is 436. The van der Waals surface area contributed by atoms with Crippen LogP contribution in [0.5, 0.6) is 0 Å². The van der Waals surface area contributed by atoms with E-state index in [0.29, 0.717) is 0 Å². The molecule has 0 saturated carbocycles. The number of aliphatic hydroxyl groups is 1. The first-order valence-corrected chi connectivity index (χ1v) is 5.68. The molecule has 0 aliphatic carbocycles. The third-order valence-electron chi connectivity index (χ3n) is 2.07. The minimum atomic E-state index is -0.668. The second-order valence-corrected chi connectivity index (χ2v) is 4.20. The maximum absolute atomic E-state index is 11.5. The zero-order chi connectivity index (χ0) is 11.4. The molecule has 0 aromatic carbocycles. The third-order valence-corrected chi connectivity index (χ3v) is 3.05. The predicted molar refractivity (Wildman–Crippen MR) is 60.3 cm³/mol. The summed E-state index contributed by atoms with van der Waals surface area (Å²) in [7, 11) is 0. The molecule has 0 bridgehead atoms. The zero-order valence-electron chi connectivity index (χ0n) is 8.42. The Balaban J connectivity index is 1.86. The summed E-state index contributed by atoms with van der Waals surface area (Å²) in [5.41, 5.74) is 0. The molecule has 2 rings (SSSR count). The van der Waals surface area contributed by atoms with Gasteiger partial charge in [0.25, 0.3) is 5.91 Å². The number of furan rings is 1. The van der Waals surface area contributed by atoms with Crippen molar-refractivity contribution in [3.05, 3.63) is 46.5 Å². The molecular weight excluding hydrogens is 226 g/mol. The maximum atomic E-state index is 11.5. The highest BCUT2D eigenvalue weighted by Gasteiger charge is 2.12. The molecule has 0 radical (unpaired) electrons. The number of thiophene rings is 1. The van der Waals surface area contributed by atoms with Gasteiger partial charge in [0.05, 0.1) is 6.26 Å². The van der Waals surface area contributed by atoms with Gasteiger partial charge >= 0.3 is 0 Å². The van der Waals surface area contributed by atoms with Crippen LogP contribution < -0.4 is 5.32 Å². The number of carbonyl (C=O) groups excluding carboxylic acids is 1. The highest BCUT2D eigenvalue weighted by atomic mass is 32.1. The highest BCUT2D eigenvalue weighted by molar-refractivity contribution is 7.10. The summed E-state index contributed by atoms with van der Waals surface area (Å²) in [6, 6.07) is 6.91. The number of nitrogens with one attached hydrogen (secondary N) is 1. The molecule has 2 N–H and O–H groups in total. The van der Waals surface area contributed by atoms with E-state index >= 15 is 0 Å². The highest BCUT2D eigenvalue weighted by Crippen LogP contribution is 2.17. The van der Waals surface area contributed by atoms with Crippen LogP contribution in [0, 0.1) is 0 Å². The van der Waals surface area contributed by atoms with E-state index < -0.39 is 6.10 Å². The fraction of sp³-hybridized carbons (Fsp3) is 0.182. The van der Waals surface area contributed by atoms with Crippen LogP contribution in [0.4, 0.5) is 0 Å². The lowest BCUT2D eigenvalue weighted by Crippen LogP contribution is -2.27. The summed E-state index contributed by atoms with van der Waals surface area (Å²) in [6.45, 7) is 0.181. The molecule has 1 amide bonds. The van der Waals surface area contributed by atoms with E-state index in [1.807, 2.05) is 17.5 Å². The molecule has 2 aromatic heterocycles. The Morgan fingerprint density at radius 3 is 3.00 bits per heavy atom. The summed E-state index contributed by atoms with van der Waals surface area (Å²) in [6.07, 6.45) is 0.767. The average Bonchev–Trinajstić information content (AvgIpc) is 2.95. The van der Waals surface area contributed by atoms with Gasteiger partial charge in [0.15, 0.2) is 5.76 Å². The van der Waals surface area contributed by atoms with Crippen molar-refractivity contribution < 1.29 is 14.3 Å². The molecule has 1 atom stereocenters. The second-order valence-electron chi connectivity index (χ2n) is 3.22. The van der Waals surface area contributed by atoms with Crippen LogP contribution in [0.25, 0.3) is 0 Å². The standard InChI is InChI=1S/C11H11NO3S/c13-8(10-4-2-6-16-10)7-12-11(14)9-3-1-5-15-9/h1-6,8,13H,7H2,(H,12,14)/t8-/m1/s1. The van der Waals surface area contributed by atoms with E-state index in [1.54, 1.807) is 12.1 Å². The average molecular weight is 237 g/mol.